The molecule has 1 aromatic rings. The van der Waals surface area contributed by atoms with Gasteiger partial charge in [0.15, 0.2) is 0 Å². The molecule has 2 amide bonds. The van der Waals surface area contributed by atoms with Gasteiger partial charge in [-0.15, -0.1) is 0 Å². The minimum Gasteiger partial charge on any atom is -0.465 e. The van der Waals surface area contributed by atoms with Gasteiger partial charge in [0.2, 0.25) is 5.91 Å². The Morgan fingerprint density at radius 3 is 2.47 bits per heavy atom. The fourth-order valence-corrected chi connectivity index (χ4v) is 6.97. The van der Waals surface area contributed by atoms with E-state index < -0.39 is 41.1 Å². The number of aliphatic hydroxyl groups is 1. The number of anilines is 1. The fourth-order valence-electron chi connectivity index (χ4n) is 6.97. The van der Waals surface area contributed by atoms with Crippen LogP contribution in [0.15, 0.2) is 42.5 Å². The molecule has 8 nitrogen and oxygen atoms in total. The van der Waals surface area contributed by atoms with Crippen molar-refractivity contribution in [2.24, 2.45) is 11.8 Å². The van der Waals surface area contributed by atoms with E-state index in [0.717, 1.165) is 36.1 Å². The first kappa shape index (κ1) is 26.6. The minimum atomic E-state index is -1.37. The van der Waals surface area contributed by atoms with E-state index >= 15 is 0 Å². The number of likely N-dealkylation sites (tertiary alicyclic amines) is 1. The van der Waals surface area contributed by atoms with Crippen LogP contribution in [0, 0.1) is 25.7 Å². The molecule has 0 radical (unpaired) electrons. The van der Waals surface area contributed by atoms with Crippen LogP contribution < -0.4 is 4.90 Å². The van der Waals surface area contributed by atoms with E-state index in [2.05, 4.69) is 0 Å². The normalized spacial score (nSPS) is 34.8. The number of rotatable bonds is 4. The van der Waals surface area contributed by atoms with Gasteiger partial charge in [-0.2, -0.15) is 0 Å². The van der Waals surface area contributed by atoms with E-state index in [1.54, 1.807) is 11.8 Å². The largest absolute Gasteiger partial charge is 0.465 e. The lowest BCUT2D eigenvalue weighted by molar-refractivity contribution is -0.161. The third-order valence-corrected chi connectivity index (χ3v) is 8.77. The summed E-state index contributed by atoms with van der Waals surface area (Å²) in [5.41, 5.74) is 0.237. The van der Waals surface area contributed by atoms with Crippen molar-refractivity contribution in [3.05, 3.63) is 53.6 Å². The third-order valence-electron chi connectivity index (χ3n) is 8.77. The average Bonchev–Trinajstić information content (AvgIpc) is 3.26. The molecule has 1 aromatic carbocycles. The standard InChI is InChI=1S/C30H38N2O6/c1-5-29-14-8-6-7-9-17-37-28(36)23(29)22-26(34)32(21(4)18-33)25-27(35)31(16-11-15-30(22,25)38-29)24-19(2)12-10-13-20(24)3/h8,10-15,21-23,25,33H,5-7,9,16-18H2,1-4H3/b14-8-/t21-,22+,23+,25?,29-,30+/m1/s1. The highest BCUT2D eigenvalue weighted by Gasteiger charge is 2.75. The number of esters is 1. The fraction of sp³-hybridized carbons (Fsp3) is 0.567. The molecule has 6 atom stereocenters. The van der Waals surface area contributed by atoms with E-state index in [0.29, 0.717) is 13.0 Å². The minimum absolute atomic E-state index is 0.282. The number of carbonyl (C=O) groups excluding carboxylic acids is 3. The van der Waals surface area contributed by atoms with Crippen molar-refractivity contribution in [1.82, 2.24) is 4.90 Å². The second-order valence-electron chi connectivity index (χ2n) is 11.1. The molecule has 204 valence electrons. The molecule has 4 aliphatic heterocycles. The van der Waals surface area contributed by atoms with Crippen molar-refractivity contribution in [2.45, 2.75) is 76.7 Å². The molecule has 1 unspecified atom stereocenters. The van der Waals surface area contributed by atoms with Crippen LogP contribution in [0.4, 0.5) is 5.69 Å². The molecule has 0 aliphatic carbocycles. The number of hydrogen-bond donors (Lipinski definition) is 1. The molecular weight excluding hydrogens is 484 g/mol. The first-order valence-electron chi connectivity index (χ1n) is 13.7. The Bertz CT molecular complexity index is 1170. The molecule has 2 fully saturated rings. The van der Waals surface area contributed by atoms with Gasteiger partial charge < -0.3 is 24.4 Å². The molecule has 8 heteroatoms. The van der Waals surface area contributed by atoms with Crippen LogP contribution in [0.1, 0.15) is 50.7 Å². The molecule has 0 bridgehead atoms. The van der Waals surface area contributed by atoms with E-state index in [4.69, 9.17) is 9.47 Å². The van der Waals surface area contributed by atoms with E-state index in [-0.39, 0.29) is 25.0 Å². The van der Waals surface area contributed by atoms with Crippen LogP contribution in [0.5, 0.6) is 0 Å². The zero-order valence-corrected chi connectivity index (χ0v) is 22.7. The number of benzene rings is 1. The predicted molar refractivity (Wildman–Crippen MR) is 142 cm³/mol. The van der Waals surface area contributed by atoms with Gasteiger partial charge in [0.05, 0.1) is 25.2 Å². The number of aliphatic hydroxyl groups excluding tert-OH is 1. The van der Waals surface area contributed by atoms with Crippen LogP contribution in [-0.4, -0.2) is 70.8 Å². The smallest absolute Gasteiger partial charge is 0.313 e. The Balaban J connectivity index is 1.70. The summed E-state index contributed by atoms with van der Waals surface area (Å²) in [6.07, 6.45) is 10.6. The van der Waals surface area contributed by atoms with Crippen molar-refractivity contribution in [1.29, 1.82) is 0 Å². The molecule has 1 N–H and O–H groups in total. The summed E-state index contributed by atoms with van der Waals surface area (Å²) < 4.78 is 12.6. The summed E-state index contributed by atoms with van der Waals surface area (Å²) in [5.74, 6) is -2.97. The van der Waals surface area contributed by atoms with Crippen molar-refractivity contribution in [2.75, 3.05) is 24.7 Å². The van der Waals surface area contributed by atoms with Crippen LogP contribution in [0.25, 0.3) is 0 Å². The van der Waals surface area contributed by atoms with Crippen molar-refractivity contribution < 1.29 is 29.0 Å². The summed E-state index contributed by atoms with van der Waals surface area (Å²) in [5, 5.41) is 10.1. The highest BCUT2D eigenvalue weighted by atomic mass is 16.6. The molecule has 4 heterocycles. The maximum absolute atomic E-state index is 14.6. The van der Waals surface area contributed by atoms with Crippen molar-refractivity contribution >= 4 is 23.5 Å². The Morgan fingerprint density at radius 1 is 1.05 bits per heavy atom. The van der Waals surface area contributed by atoms with Crippen LogP contribution >= 0.6 is 0 Å². The van der Waals surface area contributed by atoms with Gasteiger partial charge in [0.25, 0.3) is 5.91 Å². The summed E-state index contributed by atoms with van der Waals surface area (Å²) in [6, 6.07) is 4.19. The number of fused-ring (bicyclic) bond motifs is 2. The SMILES string of the molecule is CC[C@@]12/C=C\CCCCOC(=O)[C@@H]1[C@H]1C(=O)N([C@H](C)CO)C3C(=O)N(c4c(C)cccc4C)CC=C[C@@]31O2. The van der Waals surface area contributed by atoms with Crippen LogP contribution in [0.2, 0.25) is 0 Å². The molecule has 38 heavy (non-hydrogen) atoms. The molecular formula is C30H38N2O6. The maximum Gasteiger partial charge on any atom is 0.313 e. The highest BCUT2D eigenvalue weighted by molar-refractivity contribution is 6.06. The number of aryl methyl sites for hydroxylation is 2. The number of carbonyl (C=O) groups is 3. The first-order chi connectivity index (χ1) is 18.2. The topological polar surface area (TPSA) is 96.4 Å². The van der Waals surface area contributed by atoms with Crippen LogP contribution in [0.3, 0.4) is 0 Å². The van der Waals surface area contributed by atoms with Gasteiger partial charge in [-0.1, -0.05) is 49.4 Å². The summed E-state index contributed by atoms with van der Waals surface area (Å²) in [7, 11) is 0. The van der Waals surface area contributed by atoms with Gasteiger partial charge in [0, 0.05) is 12.2 Å². The Hall–Kier alpha value is -2.97. The quantitative estimate of drug-likeness (QED) is 0.482. The van der Waals surface area contributed by atoms with Crippen LogP contribution in [-0.2, 0) is 23.9 Å². The van der Waals surface area contributed by atoms with Gasteiger partial charge in [-0.25, -0.2) is 0 Å². The number of allylic oxidation sites excluding steroid dienone is 1. The van der Waals surface area contributed by atoms with Gasteiger partial charge in [0.1, 0.15) is 23.2 Å². The summed E-state index contributed by atoms with van der Waals surface area (Å²) in [4.78, 5) is 45.7. The number of nitrogens with zero attached hydrogens (tertiary/aromatic N) is 2. The summed E-state index contributed by atoms with van der Waals surface area (Å²) >= 11 is 0. The maximum atomic E-state index is 14.6. The Morgan fingerprint density at radius 2 is 1.79 bits per heavy atom. The molecule has 0 aromatic heterocycles. The van der Waals surface area contributed by atoms with Crippen molar-refractivity contribution in [3.8, 4) is 0 Å². The number of para-hydroxylation sites is 1. The second kappa shape index (κ2) is 9.97. The average molecular weight is 523 g/mol. The third kappa shape index (κ3) is 3.83. The molecule has 2 saturated heterocycles. The molecule has 0 saturated carbocycles. The number of hydrogen-bond acceptors (Lipinski definition) is 6. The predicted octanol–water partition coefficient (Wildman–Crippen LogP) is 3.23. The van der Waals surface area contributed by atoms with E-state index in [1.807, 2.05) is 63.3 Å². The summed E-state index contributed by atoms with van der Waals surface area (Å²) in [6.45, 7) is 7.85. The highest BCUT2D eigenvalue weighted by Crippen LogP contribution is 2.58. The molecule has 5 rings (SSSR count). The second-order valence-corrected chi connectivity index (χ2v) is 11.1. The zero-order chi connectivity index (χ0) is 27.2. The molecule has 4 aliphatic rings. The van der Waals surface area contributed by atoms with Gasteiger partial charge in [-0.05, 0) is 57.6 Å². The van der Waals surface area contributed by atoms with Gasteiger partial charge in [-0.3, -0.25) is 14.4 Å². The number of amides is 2. The lowest BCUT2D eigenvalue weighted by Gasteiger charge is -2.40. The Labute approximate surface area is 224 Å². The van der Waals surface area contributed by atoms with E-state index in [9.17, 15) is 19.5 Å². The van der Waals surface area contributed by atoms with E-state index in [1.165, 1.54) is 4.90 Å². The Kier molecular flexibility index (Phi) is 6.99. The monoisotopic (exact) mass is 522 g/mol. The van der Waals surface area contributed by atoms with Gasteiger partial charge >= 0.3 is 5.97 Å². The van der Waals surface area contributed by atoms with Crippen molar-refractivity contribution in [3.63, 3.8) is 0 Å². The number of cyclic esters (lactones) is 1. The first-order valence-corrected chi connectivity index (χ1v) is 13.7. The lowest BCUT2D eigenvalue weighted by Crippen LogP contribution is -2.58. The lowest BCUT2D eigenvalue weighted by atomic mass is 9.73. The zero-order valence-electron chi connectivity index (χ0n) is 22.7. The number of ether oxygens (including phenoxy) is 2. The molecule has 1 spiro atoms.